The van der Waals surface area contributed by atoms with Gasteiger partial charge in [-0.2, -0.15) is 0 Å². The molecule has 0 saturated heterocycles. The molecule has 1 aromatic carbocycles. The molecule has 0 saturated carbocycles. The van der Waals surface area contributed by atoms with E-state index in [9.17, 15) is 4.79 Å². The van der Waals surface area contributed by atoms with Crippen LogP contribution in [0.4, 0.5) is 5.95 Å². The van der Waals surface area contributed by atoms with Crippen LogP contribution in [-0.4, -0.2) is 30.4 Å². The van der Waals surface area contributed by atoms with Gasteiger partial charge >= 0.3 is 0 Å². The molecule has 152 valence electrons. The number of nitrogens with zero attached hydrogens (tertiary/aromatic N) is 5. The number of anilines is 1. The van der Waals surface area contributed by atoms with Gasteiger partial charge in [0.15, 0.2) is 0 Å². The average molecular weight is 427 g/mol. The van der Waals surface area contributed by atoms with E-state index in [0.29, 0.717) is 18.2 Å². The largest absolute Gasteiger partial charge is 0.310 e. The summed E-state index contributed by atoms with van der Waals surface area (Å²) in [6.45, 7) is 0.644. The maximum Gasteiger partial charge on any atom is 0.277 e. The smallest absolute Gasteiger partial charge is 0.277 e. The number of aromatic nitrogens is 5. The number of benzene rings is 1. The second kappa shape index (κ2) is 8.45. The van der Waals surface area contributed by atoms with E-state index in [4.69, 9.17) is 0 Å². The molecule has 0 aliphatic carbocycles. The molecule has 5 rings (SSSR count). The zero-order chi connectivity index (χ0) is 21.0. The first-order valence-electron chi connectivity index (χ1n) is 9.80. The minimum absolute atomic E-state index is 0.291. The van der Waals surface area contributed by atoms with E-state index in [1.54, 1.807) is 24.0 Å². The minimum Gasteiger partial charge on any atom is -0.310 e. The molecule has 0 radical (unpaired) electrons. The van der Waals surface area contributed by atoms with Crippen LogP contribution in [0.3, 0.4) is 0 Å². The first-order valence-corrected chi connectivity index (χ1v) is 10.7. The van der Waals surface area contributed by atoms with Crippen molar-refractivity contribution in [1.82, 2.24) is 24.5 Å². The summed E-state index contributed by atoms with van der Waals surface area (Å²) in [5.41, 5.74) is 4.01. The summed E-state index contributed by atoms with van der Waals surface area (Å²) in [6.07, 6.45) is 5.95. The van der Waals surface area contributed by atoms with Crippen molar-refractivity contribution in [1.29, 1.82) is 0 Å². The summed E-state index contributed by atoms with van der Waals surface area (Å²) >= 11 is 1.41. The topological polar surface area (TPSA) is 85.6 Å². The van der Waals surface area contributed by atoms with Crippen molar-refractivity contribution in [2.45, 2.75) is 13.0 Å². The van der Waals surface area contributed by atoms with Crippen LogP contribution < -0.4 is 5.32 Å². The number of rotatable bonds is 6. The van der Waals surface area contributed by atoms with Crippen LogP contribution in [0.1, 0.15) is 16.2 Å². The number of hydrogen-bond donors (Lipinski definition) is 1. The van der Waals surface area contributed by atoms with Crippen LogP contribution in [0.5, 0.6) is 0 Å². The summed E-state index contributed by atoms with van der Waals surface area (Å²) in [5, 5.41) is 5.44. The monoisotopic (exact) mass is 426 g/mol. The number of imidazole rings is 1. The predicted octanol–water partition coefficient (Wildman–Crippen LogP) is 4.44. The van der Waals surface area contributed by atoms with E-state index < -0.39 is 0 Å². The van der Waals surface area contributed by atoms with Gasteiger partial charge in [-0.25, -0.2) is 9.97 Å². The van der Waals surface area contributed by atoms with Crippen LogP contribution in [0, 0.1) is 0 Å². The molecule has 5 aromatic rings. The highest BCUT2D eigenvalue weighted by Crippen LogP contribution is 2.24. The van der Waals surface area contributed by atoms with Crippen LogP contribution in [0.15, 0.2) is 78.6 Å². The van der Waals surface area contributed by atoms with Crippen molar-refractivity contribution in [3.8, 4) is 10.6 Å². The van der Waals surface area contributed by atoms with Gasteiger partial charge in [0.2, 0.25) is 5.95 Å². The number of fused-ring (bicyclic) bond motifs is 1. The Labute approximate surface area is 182 Å². The van der Waals surface area contributed by atoms with E-state index in [1.807, 2.05) is 59.2 Å². The lowest BCUT2D eigenvalue weighted by Gasteiger charge is -2.09. The summed E-state index contributed by atoms with van der Waals surface area (Å²) < 4.78 is 2.01. The molecule has 0 aliphatic heterocycles. The average Bonchev–Trinajstić information content (AvgIpc) is 3.44. The van der Waals surface area contributed by atoms with E-state index >= 15 is 0 Å². The van der Waals surface area contributed by atoms with Crippen molar-refractivity contribution in [3.05, 3.63) is 90.0 Å². The third kappa shape index (κ3) is 4.06. The lowest BCUT2D eigenvalue weighted by molar-refractivity contribution is 0.102. The molecule has 4 aromatic heterocycles. The fraction of sp³-hybridized carbons (Fsp3) is 0.0870. The molecule has 0 aliphatic rings. The van der Waals surface area contributed by atoms with Crippen molar-refractivity contribution in [2.24, 2.45) is 0 Å². The van der Waals surface area contributed by atoms with Gasteiger partial charge in [-0.05, 0) is 36.4 Å². The number of nitrogens with one attached hydrogen (secondary N) is 1. The summed E-state index contributed by atoms with van der Waals surface area (Å²) in [4.78, 5) is 30.5. The molecule has 7 nitrogen and oxygen atoms in total. The second-order valence-electron chi connectivity index (χ2n) is 6.88. The molecule has 31 heavy (non-hydrogen) atoms. The lowest BCUT2D eigenvalue weighted by atomic mass is 10.2. The summed E-state index contributed by atoms with van der Waals surface area (Å²) in [5.74, 6) is 0.207. The number of hydrogen-bond acceptors (Lipinski definition) is 6. The molecule has 0 spiro atoms. The Morgan fingerprint density at radius 2 is 1.90 bits per heavy atom. The Hall–Kier alpha value is -3.91. The standard InChI is InChI=1S/C23H18N6OS/c30-21(19-15-31-22(26-19)16-6-5-11-24-14-16)28-23-27-18-8-1-2-9-20(18)29(23)13-10-17-7-3-4-12-25-17/h1-9,11-12,14-15H,10,13H2,(H,27,28,30). The molecular formula is C23H18N6OS. The summed E-state index contributed by atoms with van der Waals surface area (Å²) in [6, 6.07) is 17.5. The van der Waals surface area contributed by atoms with Crippen molar-refractivity contribution >= 4 is 34.2 Å². The van der Waals surface area contributed by atoms with Gasteiger partial charge in [-0.1, -0.05) is 18.2 Å². The van der Waals surface area contributed by atoms with Crippen LogP contribution in [0.2, 0.25) is 0 Å². The van der Waals surface area contributed by atoms with Gasteiger partial charge in [-0.15, -0.1) is 11.3 Å². The molecule has 1 amide bonds. The SMILES string of the molecule is O=C(Nc1nc2ccccc2n1CCc1ccccn1)c1csc(-c2cccnc2)n1. The van der Waals surface area contributed by atoms with Crippen LogP contribution in [-0.2, 0) is 13.0 Å². The highest BCUT2D eigenvalue weighted by Gasteiger charge is 2.17. The Kier molecular flexibility index (Phi) is 5.20. The predicted molar refractivity (Wildman–Crippen MR) is 121 cm³/mol. The first kappa shape index (κ1) is 19.1. The van der Waals surface area contributed by atoms with Gasteiger partial charge in [-0.3, -0.25) is 20.1 Å². The molecule has 0 unspecified atom stereocenters. The summed E-state index contributed by atoms with van der Waals surface area (Å²) in [7, 11) is 0. The van der Waals surface area contributed by atoms with Crippen LogP contribution >= 0.6 is 11.3 Å². The van der Waals surface area contributed by atoms with Gasteiger partial charge in [0.05, 0.1) is 11.0 Å². The van der Waals surface area contributed by atoms with Crippen molar-refractivity contribution in [3.63, 3.8) is 0 Å². The number of aryl methyl sites for hydroxylation is 2. The molecule has 4 heterocycles. The Morgan fingerprint density at radius 3 is 2.74 bits per heavy atom. The highest BCUT2D eigenvalue weighted by atomic mass is 32.1. The molecule has 0 bridgehead atoms. The number of carbonyl (C=O) groups is 1. The van der Waals surface area contributed by atoms with E-state index in [1.165, 1.54) is 11.3 Å². The van der Waals surface area contributed by atoms with Crippen molar-refractivity contribution < 1.29 is 4.79 Å². The first-order chi connectivity index (χ1) is 15.3. The molecule has 8 heteroatoms. The third-order valence-corrected chi connectivity index (χ3v) is 5.73. The maximum absolute atomic E-state index is 12.9. The van der Waals surface area contributed by atoms with Gasteiger partial charge in [0, 0.05) is 48.2 Å². The fourth-order valence-electron chi connectivity index (χ4n) is 3.34. The van der Waals surface area contributed by atoms with Gasteiger partial charge in [0.1, 0.15) is 10.7 Å². The minimum atomic E-state index is -0.291. The Bertz CT molecular complexity index is 1330. The quantitative estimate of drug-likeness (QED) is 0.434. The molecule has 0 atom stereocenters. The van der Waals surface area contributed by atoms with Crippen molar-refractivity contribution in [2.75, 3.05) is 5.32 Å². The number of pyridine rings is 2. The van der Waals surface area contributed by atoms with Gasteiger partial charge in [0.25, 0.3) is 5.91 Å². The van der Waals surface area contributed by atoms with E-state index in [-0.39, 0.29) is 5.91 Å². The molecule has 1 N–H and O–H groups in total. The molecular weight excluding hydrogens is 408 g/mol. The fourth-order valence-corrected chi connectivity index (χ4v) is 4.13. The Balaban J connectivity index is 1.41. The van der Waals surface area contributed by atoms with Crippen LogP contribution in [0.25, 0.3) is 21.6 Å². The zero-order valence-corrected chi connectivity index (χ0v) is 17.3. The molecule has 0 fully saturated rings. The highest BCUT2D eigenvalue weighted by molar-refractivity contribution is 7.13. The number of carbonyl (C=O) groups excluding carboxylic acids is 1. The Morgan fingerprint density at radius 1 is 1.00 bits per heavy atom. The second-order valence-corrected chi connectivity index (χ2v) is 7.74. The van der Waals surface area contributed by atoms with E-state index in [2.05, 4.69) is 25.3 Å². The maximum atomic E-state index is 12.9. The lowest BCUT2D eigenvalue weighted by Crippen LogP contribution is -2.17. The zero-order valence-electron chi connectivity index (χ0n) is 16.5. The van der Waals surface area contributed by atoms with E-state index in [0.717, 1.165) is 33.7 Å². The number of thiazole rings is 1. The number of amides is 1. The number of para-hydroxylation sites is 2. The van der Waals surface area contributed by atoms with Gasteiger partial charge < -0.3 is 4.57 Å². The third-order valence-electron chi connectivity index (χ3n) is 4.84. The normalized spacial score (nSPS) is 11.0.